The van der Waals surface area contributed by atoms with Gasteiger partial charge in [-0.1, -0.05) is 19.7 Å². The summed E-state index contributed by atoms with van der Waals surface area (Å²) in [7, 11) is 1.89. The summed E-state index contributed by atoms with van der Waals surface area (Å²) in [5.41, 5.74) is 8.75. The van der Waals surface area contributed by atoms with Crippen molar-refractivity contribution in [2.24, 2.45) is 5.73 Å². The third kappa shape index (κ3) is 3.05. The van der Waals surface area contributed by atoms with Crippen molar-refractivity contribution in [3.05, 3.63) is 36.8 Å². The van der Waals surface area contributed by atoms with Crippen LogP contribution < -0.4 is 11.1 Å². The van der Waals surface area contributed by atoms with Gasteiger partial charge >= 0.3 is 0 Å². The van der Waals surface area contributed by atoms with Crippen molar-refractivity contribution in [2.75, 3.05) is 13.6 Å². The molecule has 1 rings (SSSR count). The molecule has 0 aromatic rings. The first-order valence-electron chi connectivity index (χ1n) is 5.80. The Labute approximate surface area is 98.7 Å². The Morgan fingerprint density at radius 2 is 2.06 bits per heavy atom. The summed E-state index contributed by atoms with van der Waals surface area (Å²) >= 11 is 0. The largest absolute Gasteiger partial charge is 0.401 e. The van der Waals surface area contributed by atoms with Gasteiger partial charge in [-0.25, -0.2) is 0 Å². The summed E-state index contributed by atoms with van der Waals surface area (Å²) in [5, 5.41) is 3.05. The van der Waals surface area contributed by atoms with Gasteiger partial charge in [-0.05, 0) is 25.7 Å². The highest BCUT2D eigenvalue weighted by Gasteiger charge is 2.26. The molecule has 1 atom stereocenters. The Kier molecular flexibility index (Phi) is 4.47. The molecule has 1 heterocycles. The molecule has 0 aromatic heterocycles. The Hall–Kier alpha value is -1.38. The fraction of sp³-hybridized carbons (Fsp3) is 0.538. The minimum absolute atomic E-state index is 0.287. The van der Waals surface area contributed by atoms with Gasteiger partial charge in [-0.2, -0.15) is 0 Å². The fourth-order valence-corrected chi connectivity index (χ4v) is 2.09. The van der Waals surface area contributed by atoms with Crippen LogP contribution in [0.5, 0.6) is 0 Å². The predicted molar refractivity (Wildman–Crippen MR) is 69.6 cm³/mol. The number of hydrogen-bond acceptors (Lipinski definition) is 3. The number of allylic oxidation sites excluding steroid dienone is 2. The van der Waals surface area contributed by atoms with E-state index < -0.39 is 0 Å². The lowest BCUT2D eigenvalue weighted by Crippen LogP contribution is -2.32. The minimum Gasteiger partial charge on any atom is -0.401 e. The molecule has 1 aliphatic heterocycles. The molecule has 1 aliphatic rings. The van der Waals surface area contributed by atoms with Crippen LogP contribution in [0.25, 0.3) is 0 Å². The van der Waals surface area contributed by atoms with Crippen LogP contribution >= 0.6 is 0 Å². The SMILES string of the molecule is C=C(CCC(=C)N1CCCC1C(=C)N)NC. The number of likely N-dealkylation sites (tertiary alicyclic amines) is 1. The van der Waals surface area contributed by atoms with E-state index in [1.165, 1.54) is 6.42 Å². The minimum atomic E-state index is 0.287. The van der Waals surface area contributed by atoms with E-state index in [4.69, 9.17) is 5.73 Å². The third-order valence-corrected chi connectivity index (χ3v) is 3.16. The lowest BCUT2D eigenvalue weighted by molar-refractivity contribution is 0.341. The smallest absolute Gasteiger partial charge is 0.0677 e. The van der Waals surface area contributed by atoms with E-state index >= 15 is 0 Å². The maximum atomic E-state index is 5.80. The first kappa shape index (κ1) is 12.7. The second kappa shape index (κ2) is 5.64. The van der Waals surface area contributed by atoms with E-state index in [2.05, 4.69) is 30.0 Å². The molecule has 3 N–H and O–H groups in total. The maximum Gasteiger partial charge on any atom is 0.0677 e. The van der Waals surface area contributed by atoms with E-state index in [0.717, 1.165) is 42.9 Å². The van der Waals surface area contributed by atoms with Crippen LogP contribution in [0.1, 0.15) is 25.7 Å². The molecule has 0 amide bonds. The van der Waals surface area contributed by atoms with Gasteiger partial charge in [0, 0.05) is 30.7 Å². The molecular weight excluding hydrogens is 198 g/mol. The molecule has 0 aromatic carbocycles. The Morgan fingerprint density at radius 3 is 2.62 bits per heavy atom. The topological polar surface area (TPSA) is 41.3 Å². The summed E-state index contributed by atoms with van der Waals surface area (Å²) in [6.07, 6.45) is 4.13. The van der Waals surface area contributed by atoms with E-state index in [0.29, 0.717) is 0 Å². The molecule has 0 spiro atoms. The van der Waals surface area contributed by atoms with E-state index in [1.807, 2.05) is 7.05 Å². The number of rotatable bonds is 6. The number of nitrogens with one attached hydrogen (secondary N) is 1. The second-order valence-corrected chi connectivity index (χ2v) is 4.35. The zero-order valence-electron chi connectivity index (χ0n) is 10.3. The van der Waals surface area contributed by atoms with Gasteiger partial charge in [0.05, 0.1) is 6.04 Å². The van der Waals surface area contributed by atoms with Gasteiger partial charge in [0.2, 0.25) is 0 Å². The maximum absolute atomic E-state index is 5.80. The van der Waals surface area contributed by atoms with Gasteiger partial charge in [-0.3, -0.25) is 0 Å². The monoisotopic (exact) mass is 221 g/mol. The number of hydrogen-bond donors (Lipinski definition) is 2. The van der Waals surface area contributed by atoms with E-state index in [-0.39, 0.29) is 6.04 Å². The standard InChI is InChI=1S/C13H23N3/c1-10(15-4)7-8-11(2)16-9-5-6-13(16)12(3)14/h13,15H,1-3,5-9,14H2,4H3. The molecule has 1 saturated heterocycles. The molecule has 0 aliphatic carbocycles. The molecule has 0 radical (unpaired) electrons. The van der Waals surface area contributed by atoms with E-state index in [1.54, 1.807) is 0 Å². The molecule has 0 saturated carbocycles. The highest BCUT2D eigenvalue weighted by Crippen LogP contribution is 2.26. The van der Waals surface area contributed by atoms with Crippen LogP contribution in [0.2, 0.25) is 0 Å². The highest BCUT2D eigenvalue weighted by molar-refractivity contribution is 5.12. The van der Waals surface area contributed by atoms with Crippen LogP contribution in [0.15, 0.2) is 36.8 Å². The highest BCUT2D eigenvalue weighted by atomic mass is 15.2. The van der Waals surface area contributed by atoms with Gasteiger partial charge in [0.1, 0.15) is 0 Å². The summed E-state index contributed by atoms with van der Waals surface area (Å²) < 4.78 is 0. The van der Waals surface area contributed by atoms with Gasteiger partial charge in [-0.15, -0.1) is 0 Å². The van der Waals surface area contributed by atoms with Gasteiger partial charge in [0.25, 0.3) is 0 Å². The Bertz CT molecular complexity index is 294. The predicted octanol–water partition coefficient (Wildman–Crippen LogP) is 1.95. The average Bonchev–Trinajstić information content (AvgIpc) is 2.74. The second-order valence-electron chi connectivity index (χ2n) is 4.35. The first-order chi connectivity index (χ1) is 7.56. The van der Waals surface area contributed by atoms with Crippen molar-refractivity contribution in [1.82, 2.24) is 10.2 Å². The molecule has 16 heavy (non-hydrogen) atoms. The number of nitrogens with two attached hydrogens (primary N) is 1. The van der Waals surface area contributed by atoms with Crippen molar-refractivity contribution in [2.45, 2.75) is 31.7 Å². The van der Waals surface area contributed by atoms with Crippen molar-refractivity contribution >= 4 is 0 Å². The van der Waals surface area contributed by atoms with Crippen LogP contribution in [-0.4, -0.2) is 24.5 Å². The molecule has 3 nitrogen and oxygen atoms in total. The van der Waals surface area contributed by atoms with Crippen LogP contribution in [0.3, 0.4) is 0 Å². The summed E-state index contributed by atoms with van der Waals surface area (Å²) in [4.78, 5) is 2.28. The van der Waals surface area contributed by atoms with Gasteiger partial charge in [0.15, 0.2) is 0 Å². The van der Waals surface area contributed by atoms with Gasteiger partial charge < -0.3 is 16.0 Å². The Balaban J connectivity index is 2.47. The Morgan fingerprint density at radius 1 is 1.38 bits per heavy atom. The quantitative estimate of drug-likeness (QED) is 0.720. The van der Waals surface area contributed by atoms with Crippen molar-refractivity contribution < 1.29 is 0 Å². The number of nitrogens with zero attached hydrogens (tertiary/aromatic N) is 1. The molecule has 0 bridgehead atoms. The van der Waals surface area contributed by atoms with Crippen molar-refractivity contribution in [3.63, 3.8) is 0 Å². The molecule has 1 fully saturated rings. The molecule has 3 heteroatoms. The fourth-order valence-electron chi connectivity index (χ4n) is 2.09. The summed E-state index contributed by atoms with van der Waals surface area (Å²) in [5.74, 6) is 0. The van der Waals surface area contributed by atoms with E-state index in [9.17, 15) is 0 Å². The average molecular weight is 221 g/mol. The third-order valence-electron chi connectivity index (χ3n) is 3.16. The van der Waals surface area contributed by atoms with Crippen molar-refractivity contribution in [1.29, 1.82) is 0 Å². The zero-order chi connectivity index (χ0) is 12.1. The van der Waals surface area contributed by atoms with Crippen LogP contribution in [0, 0.1) is 0 Å². The lowest BCUT2D eigenvalue weighted by Gasteiger charge is -2.28. The molecule has 1 unspecified atom stereocenters. The zero-order valence-corrected chi connectivity index (χ0v) is 10.3. The first-order valence-corrected chi connectivity index (χ1v) is 5.80. The van der Waals surface area contributed by atoms with Crippen LogP contribution in [0.4, 0.5) is 0 Å². The lowest BCUT2D eigenvalue weighted by atomic mass is 10.1. The summed E-state index contributed by atoms with van der Waals surface area (Å²) in [6.45, 7) is 12.9. The van der Waals surface area contributed by atoms with Crippen LogP contribution in [-0.2, 0) is 0 Å². The molecule has 90 valence electrons. The normalized spacial score (nSPS) is 19.6. The summed E-state index contributed by atoms with van der Waals surface area (Å²) in [6, 6.07) is 0.287. The van der Waals surface area contributed by atoms with Crippen molar-refractivity contribution in [3.8, 4) is 0 Å². The molecular formula is C13H23N3.